The zero-order valence-corrected chi connectivity index (χ0v) is 15.3. The van der Waals surface area contributed by atoms with Crippen LogP contribution in [-0.4, -0.2) is 64.1 Å². The minimum Gasteiger partial charge on any atom is -0.357 e. The monoisotopic (exact) mass is 357 g/mol. The number of aromatic nitrogens is 3. The lowest BCUT2D eigenvalue weighted by atomic mass is 10.3. The summed E-state index contributed by atoms with van der Waals surface area (Å²) in [6.45, 7) is 5.46. The number of pyridine rings is 1. The number of amides is 1. The van der Waals surface area contributed by atoms with Crippen molar-refractivity contribution in [3.8, 4) is 0 Å². The van der Waals surface area contributed by atoms with E-state index in [0.29, 0.717) is 5.96 Å². The predicted molar refractivity (Wildman–Crippen MR) is 101 cm³/mol. The lowest BCUT2D eigenvalue weighted by molar-refractivity contribution is -0.128. The highest BCUT2D eigenvalue weighted by molar-refractivity contribution is 5.85. The van der Waals surface area contributed by atoms with Gasteiger partial charge in [-0.2, -0.15) is 0 Å². The summed E-state index contributed by atoms with van der Waals surface area (Å²) in [7, 11) is 0. The van der Waals surface area contributed by atoms with Gasteiger partial charge in [-0.1, -0.05) is 6.07 Å². The second-order valence-corrected chi connectivity index (χ2v) is 6.36. The lowest BCUT2D eigenvalue weighted by Crippen LogP contribution is -2.39. The Labute approximate surface area is 153 Å². The smallest absolute Gasteiger partial charge is 0.244 e. The summed E-state index contributed by atoms with van der Waals surface area (Å²) in [5.74, 6) is 1.74. The van der Waals surface area contributed by atoms with Crippen molar-refractivity contribution < 1.29 is 4.79 Å². The van der Waals surface area contributed by atoms with Gasteiger partial charge < -0.3 is 15.5 Å². The van der Waals surface area contributed by atoms with Gasteiger partial charge in [0.1, 0.15) is 12.4 Å². The molecule has 1 saturated heterocycles. The van der Waals surface area contributed by atoms with E-state index in [1.165, 1.54) is 0 Å². The molecular weight excluding hydrogens is 330 g/mol. The Morgan fingerprint density at radius 2 is 2.08 bits per heavy atom. The van der Waals surface area contributed by atoms with E-state index in [1.807, 2.05) is 40.6 Å². The molecule has 0 saturated carbocycles. The van der Waals surface area contributed by atoms with Crippen LogP contribution in [0.15, 0.2) is 29.4 Å². The molecule has 0 radical (unpaired) electrons. The van der Waals surface area contributed by atoms with Crippen LogP contribution in [0, 0.1) is 0 Å². The van der Waals surface area contributed by atoms with E-state index < -0.39 is 0 Å². The highest BCUT2D eigenvalue weighted by Gasteiger charge is 2.17. The second-order valence-electron chi connectivity index (χ2n) is 6.36. The molecule has 0 spiro atoms. The Morgan fingerprint density at radius 3 is 2.88 bits per heavy atom. The quantitative estimate of drug-likeness (QED) is 0.436. The van der Waals surface area contributed by atoms with Gasteiger partial charge in [-0.3, -0.25) is 9.20 Å². The molecule has 3 heterocycles. The van der Waals surface area contributed by atoms with E-state index in [4.69, 9.17) is 0 Å². The molecule has 2 N–H and O–H groups in total. The van der Waals surface area contributed by atoms with Crippen LogP contribution in [0.1, 0.15) is 32.0 Å². The first-order chi connectivity index (χ1) is 12.8. The molecule has 2 aromatic rings. The van der Waals surface area contributed by atoms with E-state index in [1.54, 1.807) is 0 Å². The number of fused-ring (bicyclic) bond motifs is 1. The molecule has 0 aliphatic carbocycles. The fraction of sp³-hybridized carbons (Fsp3) is 0.556. The van der Waals surface area contributed by atoms with Crippen molar-refractivity contribution in [2.75, 3.05) is 32.7 Å². The van der Waals surface area contributed by atoms with Crippen molar-refractivity contribution in [2.24, 2.45) is 4.99 Å². The highest BCUT2D eigenvalue weighted by Crippen LogP contribution is 2.07. The standard InChI is InChI=1S/C18H27N7O/c1-2-19-18(21-14-17(26)24-11-5-6-12-24)20-10-7-9-16-23-22-15-8-3-4-13-25(15)16/h3-4,8,13H,2,5-7,9-12,14H2,1H3,(H2,19,20,21). The third-order valence-electron chi connectivity index (χ3n) is 4.43. The van der Waals surface area contributed by atoms with Gasteiger partial charge in [0.05, 0.1) is 0 Å². The van der Waals surface area contributed by atoms with Gasteiger partial charge in [-0.05, 0) is 38.3 Å². The second kappa shape index (κ2) is 9.17. The van der Waals surface area contributed by atoms with Crippen molar-refractivity contribution >= 4 is 17.5 Å². The molecule has 8 heteroatoms. The van der Waals surface area contributed by atoms with Gasteiger partial charge in [0.25, 0.3) is 0 Å². The average Bonchev–Trinajstić information content (AvgIpc) is 3.33. The van der Waals surface area contributed by atoms with Crippen LogP contribution in [0.5, 0.6) is 0 Å². The van der Waals surface area contributed by atoms with Crippen LogP contribution in [0.25, 0.3) is 5.65 Å². The van der Waals surface area contributed by atoms with Gasteiger partial charge in [0.2, 0.25) is 5.91 Å². The average molecular weight is 357 g/mol. The number of aliphatic imine (C=N–C) groups is 1. The Morgan fingerprint density at radius 1 is 1.23 bits per heavy atom. The van der Waals surface area contributed by atoms with Crippen LogP contribution >= 0.6 is 0 Å². The van der Waals surface area contributed by atoms with E-state index in [-0.39, 0.29) is 12.5 Å². The van der Waals surface area contributed by atoms with Crippen LogP contribution in [-0.2, 0) is 11.2 Å². The molecule has 2 aromatic heterocycles. The van der Waals surface area contributed by atoms with Crippen LogP contribution < -0.4 is 10.6 Å². The van der Waals surface area contributed by atoms with Gasteiger partial charge in [0.15, 0.2) is 11.6 Å². The predicted octanol–water partition coefficient (Wildman–Crippen LogP) is 0.839. The SMILES string of the molecule is CCNC(=NCC(=O)N1CCCC1)NCCCc1nnc2ccccn12. The maximum Gasteiger partial charge on any atom is 0.244 e. The third kappa shape index (κ3) is 4.71. The number of guanidine groups is 1. The minimum atomic E-state index is 0.106. The first kappa shape index (κ1) is 18.2. The minimum absolute atomic E-state index is 0.106. The zero-order chi connectivity index (χ0) is 18.2. The number of nitrogens with one attached hydrogen (secondary N) is 2. The maximum absolute atomic E-state index is 12.1. The first-order valence-corrected chi connectivity index (χ1v) is 9.36. The van der Waals surface area contributed by atoms with Crippen LogP contribution in [0.4, 0.5) is 0 Å². The van der Waals surface area contributed by atoms with Gasteiger partial charge in [0, 0.05) is 38.8 Å². The van der Waals surface area contributed by atoms with Crippen LogP contribution in [0.2, 0.25) is 0 Å². The first-order valence-electron chi connectivity index (χ1n) is 9.36. The molecule has 140 valence electrons. The Balaban J connectivity index is 1.45. The zero-order valence-electron chi connectivity index (χ0n) is 15.3. The summed E-state index contributed by atoms with van der Waals surface area (Å²) in [5, 5.41) is 14.9. The number of hydrogen-bond donors (Lipinski definition) is 2. The number of carbonyl (C=O) groups is 1. The number of nitrogens with zero attached hydrogens (tertiary/aromatic N) is 5. The topological polar surface area (TPSA) is 86.9 Å². The number of likely N-dealkylation sites (tertiary alicyclic amines) is 1. The molecule has 1 aliphatic rings. The van der Waals surface area contributed by atoms with E-state index in [0.717, 1.165) is 63.3 Å². The Kier molecular flexibility index (Phi) is 6.40. The fourth-order valence-electron chi connectivity index (χ4n) is 3.07. The van der Waals surface area contributed by atoms with Crippen LogP contribution in [0.3, 0.4) is 0 Å². The number of aryl methyl sites for hydroxylation is 1. The van der Waals surface area contributed by atoms with E-state index >= 15 is 0 Å². The Bertz CT molecular complexity index is 749. The number of hydrogen-bond acceptors (Lipinski definition) is 4. The number of rotatable bonds is 7. The summed E-state index contributed by atoms with van der Waals surface area (Å²) in [5.41, 5.74) is 0.866. The van der Waals surface area contributed by atoms with Gasteiger partial charge >= 0.3 is 0 Å². The molecule has 8 nitrogen and oxygen atoms in total. The molecule has 0 atom stereocenters. The van der Waals surface area contributed by atoms with Gasteiger partial charge in [-0.25, -0.2) is 4.99 Å². The molecule has 0 aromatic carbocycles. The summed E-state index contributed by atoms with van der Waals surface area (Å²) >= 11 is 0. The molecule has 26 heavy (non-hydrogen) atoms. The summed E-state index contributed by atoms with van der Waals surface area (Å²) in [6, 6.07) is 5.88. The normalized spacial score (nSPS) is 14.8. The molecule has 1 fully saturated rings. The van der Waals surface area contributed by atoms with Crippen molar-refractivity contribution in [2.45, 2.75) is 32.6 Å². The third-order valence-corrected chi connectivity index (χ3v) is 4.43. The molecule has 1 amide bonds. The van der Waals surface area contributed by atoms with Crippen molar-refractivity contribution in [3.05, 3.63) is 30.2 Å². The van der Waals surface area contributed by atoms with Crippen molar-refractivity contribution in [1.29, 1.82) is 0 Å². The molecular formula is C18H27N7O. The maximum atomic E-state index is 12.1. The molecule has 3 rings (SSSR count). The van der Waals surface area contributed by atoms with E-state index in [2.05, 4.69) is 25.8 Å². The Hall–Kier alpha value is -2.64. The summed E-state index contributed by atoms with van der Waals surface area (Å²) in [4.78, 5) is 18.4. The molecule has 0 unspecified atom stereocenters. The summed E-state index contributed by atoms with van der Waals surface area (Å²) in [6.07, 6.45) is 5.91. The van der Waals surface area contributed by atoms with Gasteiger partial charge in [-0.15, -0.1) is 10.2 Å². The lowest BCUT2D eigenvalue weighted by Gasteiger charge is -2.15. The van der Waals surface area contributed by atoms with Crippen molar-refractivity contribution in [3.63, 3.8) is 0 Å². The summed E-state index contributed by atoms with van der Waals surface area (Å²) < 4.78 is 2.01. The molecule has 1 aliphatic heterocycles. The van der Waals surface area contributed by atoms with Crippen molar-refractivity contribution in [1.82, 2.24) is 30.1 Å². The number of carbonyl (C=O) groups excluding carboxylic acids is 1. The van der Waals surface area contributed by atoms with E-state index in [9.17, 15) is 4.79 Å². The fourth-order valence-corrected chi connectivity index (χ4v) is 3.07. The highest BCUT2D eigenvalue weighted by atomic mass is 16.2. The molecule has 0 bridgehead atoms. The largest absolute Gasteiger partial charge is 0.357 e.